The molecule has 2 atom stereocenters. The Balaban J connectivity index is 0. The van der Waals surface area contributed by atoms with Crippen LogP contribution in [0.5, 0.6) is 0 Å². The summed E-state index contributed by atoms with van der Waals surface area (Å²) in [5, 5.41) is 14.8. The SMILES string of the molecule is CC(C)(C)OC(=O)N1CC=C[C@H]1CC#N.CC(C)(C)OC(=O)N1CC=C[C@H]1COS(C)(=O)=O.[C-]#N.[Na+]. The third-order valence-corrected chi connectivity index (χ3v) is 4.69. The minimum Gasteiger partial charge on any atom is -0.512 e. The number of hydrogen-bond acceptors (Lipinski definition) is 9. The van der Waals surface area contributed by atoms with Gasteiger partial charge in [0, 0.05) is 13.1 Å². The summed E-state index contributed by atoms with van der Waals surface area (Å²) < 4.78 is 37.0. The molecule has 196 valence electrons. The van der Waals surface area contributed by atoms with Crippen LogP contribution >= 0.6 is 0 Å². The van der Waals surface area contributed by atoms with Crippen LogP contribution in [0.3, 0.4) is 0 Å². The fourth-order valence-electron chi connectivity index (χ4n) is 2.81. The largest absolute Gasteiger partial charge is 1.00 e. The number of carbonyl (C=O) groups excluding carboxylic acids is 2. The molecule has 2 rings (SSSR count). The van der Waals surface area contributed by atoms with Crippen LogP contribution < -0.4 is 29.6 Å². The maximum absolute atomic E-state index is 11.9. The van der Waals surface area contributed by atoms with Gasteiger partial charge in [-0.3, -0.25) is 14.0 Å². The van der Waals surface area contributed by atoms with E-state index < -0.39 is 33.5 Å². The fraction of sp³-hybridized carbons (Fsp3) is 0.652. The molecule has 0 radical (unpaired) electrons. The molecule has 0 aromatic heterocycles. The zero-order valence-electron chi connectivity index (χ0n) is 22.3. The number of ether oxygens (including phenoxy) is 2. The average molecular weight is 535 g/mol. The molecular weight excluding hydrogens is 499 g/mol. The predicted molar refractivity (Wildman–Crippen MR) is 128 cm³/mol. The summed E-state index contributed by atoms with van der Waals surface area (Å²) >= 11 is 0. The van der Waals surface area contributed by atoms with Gasteiger partial charge >= 0.3 is 41.7 Å². The first-order valence-corrected chi connectivity index (χ1v) is 12.6. The molecule has 2 heterocycles. The quantitative estimate of drug-likeness (QED) is 0.215. The molecule has 0 unspecified atom stereocenters. The van der Waals surface area contributed by atoms with E-state index in [1.54, 1.807) is 37.8 Å². The summed E-state index contributed by atoms with van der Waals surface area (Å²) in [7, 11) is -3.51. The van der Waals surface area contributed by atoms with Gasteiger partial charge in [-0.1, -0.05) is 24.3 Å². The van der Waals surface area contributed by atoms with Crippen molar-refractivity contribution in [3.05, 3.63) is 30.9 Å². The molecule has 13 heteroatoms. The molecule has 2 amide bonds. The molecule has 36 heavy (non-hydrogen) atoms. The molecule has 0 N–H and O–H groups in total. The number of amides is 2. The first kappa shape index (κ1) is 36.1. The topological polar surface area (TPSA) is 150 Å². The maximum atomic E-state index is 11.9. The van der Waals surface area contributed by atoms with Crippen LogP contribution in [-0.2, 0) is 23.8 Å². The van der Waals surface area contributed by atoms with Gasteiger partial charge in [0.25, 0.3) is 10.1 Å². The van der Waals surface area contributed by atoms with Gasteiger partial charge < -0.3 is 21.3 Å². The Labute approximate surface area is 237 Å². The second-order valence-electron chi connectivity index (χ2n) is 9.61. The zero-order valence-corrected chi connectivity index (χ0v) is 25.2. The first-order chi connectivity index (χ1) is 16.0. The van der Waals surface area contributed by atoms with E-state index in [1.807, 2.05) is 32.9 Å². The standard InChI is InChI=1S/C11H16N2O2.C11H19NO5S.CN.Na/c1-11(2,3)15-10(14)13-8-4-5-9(13)6-7-12;1-11(2,3)17-10(13)12-7-5-6-9(12)8-16-18(4,14)15;1-2;/h4-5,9H,6,8H2,1-3H3;5-6,9H,7-8H2,1-4H3;;/q;;-1;+1/t2*9-;;/m00../s1. The maximum Gasteiger partial charge on any atom is 1.00 e. The van der Waals surface area contributed by atoms with E-state index in [9.17, 15) is 18.0 Å². The Hall–Kier alpha value is -2.09. The molecule has 0 aromatic carbocycles. The van der Waals surface area contributed by atoms with Gasteiger partial charge in [-0.15, -0.1) is 0 Å². The molecule has 0 aromatic rings. The number of nitriles is 1. The number of rotatable bonds is 4. The molecule has 0 saturated heterocycles. The van der Waals surface area contributed by atoms with Crippen molar-refractivity contribution in [1.29, 1.82) is 10.5 Å². The molecule has 0 spiro atoms. The molecule has 0 saturated carbocycles. The van der Waals surface area contributed by atoms with Crippen LogP contribution in [0.2, 0.25) is 0 Å². The van der Waals surface area contributed by atoms with Gasteiger partial charge in [0.15, 0.2) is 0 Å². The minimum atomic E-state index is -3.51. The molecule has 11 nitrogen and oxygen atoms in total. The third-order valence-electron chi connectivity index (χ3n) is 4.13. The van der Waals surface area contributed by atoms with E-state index >= 15 is 0 Å². The molecule has 2 aliphatic heterocycles. The summed E-state index contributed by atoms with van der Waals surface area (Å²) in [5.74, 6) is 0. The summed E-state index contributed by atoms with van der Waals surface area (Å²) in [6, 6.07) is 1.51. The summed E-state index contributed by atoms with van der Waals surface area (Å²) in [4.78, 5) is 26.5. The Kier molecular flexibility index (Phi) is 15.9. The van der Waals surface area contributed by atoms with E-state index in [1.165, 1.54) is 4.90 Å². The number of hydrogen-bond donors (Lipinski definition) is 0. The van der Waals surface area contributed by atoms with E-state index in [0.717, 1.165) is 6.26 Å². The van der Waals surface area contributed by atoms with Gasteiger partial charge in [0.1, 0.15) is 11.2 Å². The summed E-state index contributed by atoms with van der Waals surface area (Å²) in [6.07, 6.45) is 7.72. The predicted octanol–water partition coefficient (Wildman–Crippen LogP) is 0.314. The van der Waals surface area contributed by atoms with Crippen molar-refractivity contribution in [2.45, 2.75) is 71.2 Å². The van der Waals surface area contributed by atoms with Crippen LogP contribution in [0.15, 0.2) is 24.3 Å². The van der Waals surface area contributed by atoms with Crippen LogP contribution in [0, 0.1) is 23.2 Å². The van der Waals surface area contributed by atoms with Crippen molar-refractivity contribution in [1.82, 2.24) is 9.80 Å². The number of nitrogens with zero attached hydrogens (tertiary/aromatic N) is 4. The first-order valence-electron chi connectivity index (χ1n) is 10.8. The second-order valence-corrected chi connectivity index (χ2v) is 11.3. The van der Waals surface area contributed by atoms with Crippen molar-refractivity contribution in [2.75, 3.05) is 26.0 Å². The molecule has 0 fully saturated rings. The van der Waals surface area contributed by atoms with Gasteiger partial charge in [0.2, 0.25) is 0 Å². The summed E-state index contributed by atoms with van der Waals surface area (Å²) in [5.41, 5.74) is -1.07. The molecule has 2 aliphatic rings. The number of carbonyl (C=O) groups is 2. The van der Waals surface area contributed by atoms with Crippen molar-refractivity contribution in [3.63, 3.8) is 0 Å². The van der Waals surface area contributed by atoms with Crippen molar-refractivity contribution < 1.29 is 61.2 Å². The van der Waals surface area contributed by atoms with Gasteiger partial charge in [-0.2, -0.15) is 13.7 Å². The average Bonchev–Trinajstić information content (AvgIpc) is 3.35. The second kappa shape index (κ2) is 15.9. The molecular formula is C23H35N4NaO7S. The Bertz CT molecular complexity index is 944. The molecule has 0 aliphatic carbocycles. The van der Waals surface area contributed by atoms with E-state index in [2.05, 4.69) is 6.07 Å². The Morgan fingerprint density at radius 3 is 1.69 bits per heavy atom. The van der Waals surface area contributed by atoms with Gasteiger partial charge in [-0.25, -0.2) is 9.59 Å². The third kappa shape index (κ3) is 15.1. The molecule has 0 bridgehead atoms. The van der Waals surface area contributed by atoms with Crippen LogP contribution in [-0.4, -0.2) is 79.6 Å². The monoisotopic (exact) mass is 534 g/mol. The van der Waals surface area contributed by atoms with Crippen LogP contribution in [0.4, 0.5) is 9.59 Å². The van der Waals surface area contributed by atoms with Crippen molar-refractivity contribution >= 4 is 22.3 Å². The van der Waals surface area contributed by atoms with Crippen LogP contribution in [0.1, 0.15) is 48.0 Å². The van der Waals surface area contributed by atoms with E-state index in [-0.39, 0.29) is 48.3 Å². The van der Waals surface area contributed by atoms with E-state index in [0.29, 0.717) is 19.5 Å². The minimum absolute atomic E-state index is 0. The van der Waals surface area contributed by atoms with E-state index in [4.69, 9.17) is 30.8 Å². The Morgan fingerprint density at radius 2 is 1.33 bits per heavy atom. The zero-order chi connectivity index (χ0) is 27.4. The normalized spacial score (nSPS) is 18.6. The Morgan fingerprint density at radius 1 is 0.944 bits per heavy atom. The van der Waals surface area contributed by atoms with Gasteiger partial charge in [0.05, 0.1) is 37.4 Å². The fourth-order valence-corrected chi connectivity index (χ4v) is 3.20. The van der Waals surface area contributed by atoms with Crippen molar-refractivity contribution in [2.24, 2.45) is 0 Å². The van der Waals surface area contributed by atoms with Crippen molar-refractivity contribution in [3.8, 4) is 6.07 Å². The summed E-state index contributed by atoms with van der Waals surface area (Å²) in [6.45, 7) is 16.4. The van der Waals surface area contributed by atoms with Crippen LogP contribution in [0.25, 0.3) is 0 Å². The smallest absolute Gasteiger partial charge is 0.512 e. The van der Waals surface area contributed by atoms with Gasteiger partial charge in [-0.05, 0) is 41.5 Å².